The van der Waals surface area contributed by atoms with Crippen molar-refractivity contribution in [3.8, 4) is 6.07 Å². The van der Waals surface area contributed by atoms with E-state index in [0.29, 0.717) is 19.0 Å². The van der Waals surface area contributed by atoms with Crippen LogP contribution >= 0.6 is 15.9 Å². The zero-order valence-corrected chi connectivity index (χ0v) is 12.5. The van der Waals surface area contributed by atoms with Crippen molar-refractivity contribution in [2.45, 2.75) is 31.3 Å². The number of nitrogens with one attached hydrogen (secondary N) is 1. The average molecular weight is 335 g/mol. The van der Waals surface area contributed by atoms with Gasteiger partial charge in [-0.15, -0.1) is 0 Å². The number of benzene rings is 1. The number of hydrogen-bond acceptors (Lipinski definition) is 4. The highest BCUT2D eigenvalue weighted by Crippen LogP contribution is 2.41. The van der Waals surface area contributed by atoms with Crippen molar-refractivity contribution in [1.29, 1.82) is 5.26 Å². The van der Waals surface area contributed by atoms with Crippen LogP contribution < -0.4 is 16.0 Å². The number of hydrogen-bond donors (Lipinski definition) is 2. The van der Waals surface area contributed by atoms with Gasteiger partial charge in [0.15, 0.2) is 0 Å². The Kier molecular flexibility index (Phi) is 3.40. The zero-order chi connectivity index (χ0) is 14.3. The summed E-state index contributed by atoms with van der Waals surface area (Å²) in [5.74, 6) is -0.168. The number of nitriles is 1. The van der Waals surface area contributed by atoms with Crippen LogP contribution in [0.3, 0.4) is 0 Å². The Morgan fingerprint density at radius 1 is 1.50 bits per heavy atom. The maximum absolute atomic E-state index is 11.6. The topological polar surface area (TPSA) is 82.2 Å². The van der Waals surface area contributed by atoms with Crippen LogP contribution in [0.5, 0.6) is 0 Å². The number of rotatable bonds is 4. The van der Waals surface area contributed by atoms with Gasteiger partial charge in [0.25, 0.3) is 0 Å². The molecule has 1 aromatic carbocycles. The van der Waals surface area contributed by atoms with Gasteiger partial charge in [-0.05, 0) is 40.9 Å². The molecule has 1 saturated carbocycles. The van der Waals surface area contributed by atoms with Gasteiger partial charge in [0.2, 0.25) is 5.91 Å². The molecule has 0 saturated heterocycles. The molecule has 1 aromatic rings. The van der Waals surface area contributed by atoms with E-state index in [-0.39, 0.29) is 5.91 Å². The predicted molar refractivity (Wildman–Crippen MR) is 80.3 cm³/mol. The van der Waals surface area contributed by atoms with E-state index in [1.165, 1.54) is 0 Å². The molecule has 1 heterocycles. The van der Waals surface area contributed by atoms with Gasteiger partial charge >= 0.3 is 0 Å². The second-order valence-corrected chi connectivity index (χ2v) is 6.04. The van der Waals surface area contributed by atoms with E-state index in [9.17, 15) is 4.79 Å². The van der Waals surface area contributed by atoms with E-state index in [0.717, 1.165) is 34.3 Å². The minimum absolute atomic E-state index is 0.168. The van der Waals surface area contributed by atoms with Crippen LogP contribution in [0.15, 0.2) is 16.6 Å². The summed E-state index contributed by atoms with van der Waals surface area (Å²) >= 11 is 3.57. The molecule has 104 valence electrons. The molecule has 0 bridgehead atoms. The van der Waals surface area contributed by atoms with Gasteiger partial charge in [-0.25, -0.2) is 0 Å². The molecule has 20 heavy (non-hydrogen) atoms. The van der Waals surface area contributed by atoms with Crippen molar-refractivity contribution in [3.63, 3.8) is 0 Å². The molecule has 1 amide bonds. The molecule has 0 radical (unpaired) electrons. The van der Waals surface area contributed by atoms with Crippen LogP contribution in [-0.4, -0.2) is 18.5 Å². The zero-order valence-electron chi connectivity index (χ0n) is 10.9. The lowest BCUT2D eigenvalue weighted by Crippen LogP contribution is -2.27. The number of fused-ring (bicyclic) bond motifs is 1. The summed E-state index contributed by atoms with van der Waals surface area (Å²) in [4.78, 5) is 13.9. The maximum Gasteiger partial charge on any atom is 0.245 e. The smallest absolute Gasteiger partial charge is 0.245 e. The first-order valence-electron chi connectivity index (χ1n) is 6.65. The minimum Gasteiger partial charge on any atom is -0.367 e. The van der Waals surface area contributed by atoms with E-state index in [1.54, 1.807) is 0 Å². The molecule has 1 aliphatic heterocycles. The predicted octanol–water partition coefficient (Wildman–Crippen LogP) is 2.28. The number of carbonyl (C=O) groups excluding carboxylic acids is 1. The van der Waals surface area contributed by atoms with Crippen LogP contribution in [0.1, 0.15) is 30.9 Å². The lowest BCUT2D eigenvalue weighted by atomic mass is 10.1. The second kappa shape index (κ2) is 5.08. The third-order valence-corrected chi connectivity index (χ3v) is 4.39. The summed E-state index contributed by atoms with van der Waals surface area (Å²) in [5, 5.41) is 11.6. The highest BCUT2D eigenvalue weighted by Gasteiger charge is 2.33. The molecule has 0 aromatic heterocycles. The van der Waals surface area contributed by atoms with Gasteiger partial charge in [-0.2, -0.15) is 5.26 Å². The van der Waals surface area contributed by atoms with Crippen LogP contribution in [0.25, 0.3) is 0 Å². The molecule has 2 aliphatic rings. The summed E-state index contributed by atoms with van der Waals surface area (Å²) in [6, 6.07) is 5.97. The first-order valence-corrected chi connectivity index (χ1v) is 7.44. The highest BCUT2D eigenvalue weighted by atomic mass is 79.9. The number of nitrogens with two attached hydrogens (primary N) is 1. The first kappa shape index (κ1) is 13.4. The minimum atomic E-state index is -0.594. The van der Waals surface area contributed by atoms with Crippen molar-refractivity contribution >= 4 is 33.2 Å². The van der Waals surface area contributed by atoms with Crippen LogP contribution in [0.4, 0.5) is 11.4 Å². The number of halogens is 1. The monoisotopic (exact) mass is 334 g/mol. The average Bonchev–Trinajstić information content (AvgIpc) is 3.21. The number of nitrogens with zero attached hydrogens (tertiary/aromatic N) is 2. The normalized spacial score (nSPS) is 20.2. The SMILES string of the molecule is N#CCCN(c1cc2c(cc1Br)C(N)C(=O)N2)C1CC1. The largest absolute Gasteiger partial charge is 0.367 e. The van der Waals surface area contributed by atoms with Crippen LogP contribution in [0, 0.1) is 11.3 Å². The summed E-state index contributed by atoms with van der Waals surface area (Å²) in [6.45, 7) is 0.707. The molecule has 5 nitrogen and oxygen atoms in total. The Morgan fingerprint density at radius 2 is 2.25 bits per heavy atom. The van der Waals surface area contributed by atoms with Gasteiger partial charge in [0, 0.05) is 28.3 Å². The van der Waals surface area contributed by atoms with E-state index in [2.05, 4.69) is 32.2 Å². The second-order valence-electron chi connectivity index (χ2n) is 5.19. The molecular weight excluding hydrogens is 320 g/mol. The third kappa shape index (κ3) is 2.28. The number of anilines is 2. The summed E-state index contributed by atoms with van der Waals surface area (Å²) < 4.78 is 0.924. The van der Waals surface area contributed by atoms with E-state index >= 15 is 0 Å². The van der Waals surface area contributed by atoms with Gasteiger partial charge in [0.05, 0.1) is 18.2 Å². The Labute approximate surface area is 125 Å². The highest BCUT2D eigenvalue weighted by molar-refractivity contribution is 9.10. The standard InChI is InChI=1S/C14H15BrN4O/c15-10-6-9-11(18-14(20)13(9)17)7-12(10)19(5-1-4-16)8-2-3-8/h6-8,13H,1-3,5,17H2,(H,18,20). The van der Waals surface area contributed by atoms with Crippen molar-refractivity contribution in [1.82, 2.24) is 0 Å². The number of carbonyl (C=O) groups is 1. The number of amides is 1. The molecule has 6 heteroatoms. The van der Waals surface area contributed by atoms with E-state index < -0.39 is 6.04 Å². The maximum atomic E-state index is 11.6. The van der Waals surface area contributed by atoms with Gasteiger partial charge < -0.3 is 16.0 Å². The lowest BCUT2D eigenvalue weighted by Gasteiger charge is -2.25. The molecule has 0 spiro atoms. The third-order valence-electron chi connectivity index (χ3n) is 3.76. The fourth-order valence-corrected chi connectivity index (χ4v) is 3.16. The van der Waals surface area contributed by atoms with Gasteiger partial charge in [-0.3, -0.25) is 4.79 Å². The van der Waals surface area contributed by atoms with E-state index in [1.807, 2.05) is 12.1 Å². The Balaban J connectivity index is 1.96. The van der Waals surface area contributed by atoms with Crippen LogP contribution in [-0.2, 0) is 4.79 Å². The summed E-state index contributed by atoms with van der Waals surface area (Å²) in [5.41, 5.74) is 8.47. The molecule has 1 aliphatic carbocycles. The lowest BCUT2D eigenvalue weighted by molar-refractivity contribution is -0.116. The molecular formula is C14H15BrN4O. The van der Waals surface area contributed by atoms with Crippen molar-refractivity contribution in [2.24, 2.45) is 5.73 Å². The quantitative estimate of drug-likeness (QED) is 0.884. The summed E-state index contributed by atoms with van der Waals surface area (Å²) in [7, 11) is 0. The molecule has 3 rings (SSSR count). The summed E-state index contributed by atoms with van der Waals surface area (Å²) in [6.07, 6.45) is 2.80. The van der Waals surface area contributed by atoms with Gasteiger partial charge in [0.1, 0.15) is 6.04 Å². The fraction of sp³-hybridized carbons (Fsp3) is 0.429. The van der Waals surface area contributed by atoms with Crippen molar-refractivity contribution in [3.05, 3.63) is 22.2 Å². The van der Waals surface area contributed by atoms with E-state index in [4.69, 9.17) is 11.0 Å². The van der Waals surface area contributed by atoms with Gasteiger partial charge in [-0.1, -0.05) is 0 Å². The molecule has 1 unspecified atom stereocenters. The molecule has 1 fully saturated rings. The Morgan fingerprint density at radius 3 is 2.90 bits per heavy atom. The van der Waals surface area contributed by atoms with Crippen molar-refractivity contribution < 1.29 is 4.79 Å². The van der Waals surface area contributed by atoms with Crippen molar-refractivity contribution in [2.75, 3.05) is 16.8 Å². The first-order chi connectivity index (χ1) is 9.61. The molecule has 1 atom stereocenters. The Hall–Kier alpha value is -1.58. The molecule has 3 N–H and O–H groups in total. The van der Waals surface area contributed by atoms with Crippen LogP contribution in [0.2, 0.25) is 0 Å². The fourth-order valence-electron chi connectivity index (χ4n) is 2.57. The Bertz CT molecular complexity index is 606.